The van der Waals surface area contributed by atoms with Crippen LogP contribution in [0.2, 0.25) is 0 Å². The van der Waals surface area contributed by atoms with E-state index in [4.69, 9.17) is 9.47 Å². The molecule has 0 saturated carbocycles. The number of rotatable bonds is 7. The minimum atomic E-state index is -0.177. The molecule has 1 fully saturated rings. The zero-order chi connectivity index (χ0) is 21.3. The summed E-state index contributed by atoms with van der Waals surface area (Å²) in [6.45, 7) is 1.81. The number of likely N-dealkylation sites (tertiary alicyclic amines) is 1. The van der Waals surface area contributed by atoms with E-state index < -0.39 is 0 Å². The third-order valence-electron chi connectivity index (χ3n) is 5.29. The summed E-state index contributed by atoms with van der Waals surface area (Å²) in [5.74, 6) is 1.41. The number of piperidine rings is 1. The SMILES string of the molecule is COc1ccc(CCNC(=O)NC2CCN(C(=O)c3ccccc3)CC2)cc1OC. The Kier molecular flexibility index (Phi) is 7.54. The molecule has 0 radical (unpaired) electrons. The molecule has 1 aliphatic rings. The summed E-state index contributed by atoms with van der Waals surface area (Å²) in [5, 5.41) is 5.91. The second kappa shape index (κ2) is 10.5. The number of ether oxygens (including phenoxy) is 2. The van der Waals surface area contributed by atoms with Crippen molar-refractivity contribution in [3.05, 3.63) is 59.7 Å². The molecule has 1 aliphatic heterocycles. The number of hydrogen-bond acceptors (Lipinski definition) is 4. The summed E-state index contributed by atoms with van der Waals surface area (Å²) in [6, 6.07) is 14.9. The number of nitrogens with one attached hydrogen (secondary N) is 2. The van der Waals surface area contributed by atoms with Crippen molar-refractivity contribution in [2.45, 2.75) is 25.3 Å². The molecule has 0 spiro atoms. The second-order valence-electron chi connectivity index (χ2n) is 7.27. The van der Waals surface area contributed by atoms with Crippen LogP contribution < -0.4 is 20.1 Å². The second-order valence-corrected chi connectivity index (χ2v) is 7.27. The first-order chi connectivity index (χ1) is 14.6. The fraction of sp³-hybridized carbons (Fsp3) is 0.391. The molecule has 7 nitrogen and oxygen atoms in total. The fourth-order valence-electron chi connectivity index (χ4n) is 3.58. The Labute approximate surface area is 177 Å². The molecular weight excluding hydrogens is 382 g/mol. The third kappa shape index (κ3) is 5.65. The summed E-state index contributed by atoms with van der Waals surface area (Å²) in [6.07, 6.45) is 2.20. The van der Waals surface area contributed by atoms with Crippen LogP contribution in [0.15, 0.2) is 48.5 Å². The average Bonchev–Trinajstić information content (AvgIpc) is 2.79. The Morgan fingerprint density at radius 1 is 1.00 bits per heavy atom. The zero-order valence-corrected chi connectivity index (χ0v) is 17.5. The minimum Gasteiger partial charge on any atom is -0.493 e. The lowest BCUT2D eigenvalue weighted by atomic mass is 10.0. The van der Waals surface area contributed by atoms with Gasteiger partial charge in [-0.15, -0.1) is 0 Å². The van der Waals surface area contributed by atoms with Crippen LogP contribution in [0.1, 0.15) is 28.8 Å². The minimum absolute atomic E-state index is 0.0495. The largest absolute Gasteiger partial charge is 0.493 e. The van der Waals surface area contributed by atoms with Gasteiger partial charge in [0, 0.05) is 31.2 Å². The summed E-state index contributed by atoms with van der Waals surface area (Å²) >= 11 is 0. The molecule has 0 atom stereocenters. The van der Waals surface area contributed by atoms with E-state index in [2.05, 4.69) is 10.6 Å². The van der Waals surface area contributed by atoms with Crippen molar-refractivity contribution < 1.29 is 19.1 Å². The van der Waals surface area contributed by atoms with E-state index in [9.17, 15) is 9.59 Å². The number of urea groups is 1. The van der Waals surface area contributed by atoms with Crippen molar-refractivity contribution in [2.24, 2.45) is 0 Å². The topological polar surface area (TPSA) is 79.9 Å². The molecule has 2 N–H and O–H groups in total. The molecule has 2 aromatic rings. The Bertz CT molecular complexity index is 849. The Morgan fingerprint density at radius 2 is 1.70 bits per heavy atom. The standard InChI is InChI=1S/C23H29N3O4/c1-29-20-9-8-17(16-21(20)30-2)10-13-24-23(28)25-19-11-14-26(15-12-19)22(27)18-6-4-3-5-7-18/h3-9,16,19H,10-15H2,1-2H3,(H2,24,25,28). The highest BCUT2D eigenvalue weighted by molar-refractivity contribution is 5.94. The molecule has 30 heavy (non-hydrogen) atoms. The van der Waals surface area contributed by atoms with Crippen molar-refractivity contribution in [3.8, 4) is 11.5 Å². The van der Waals surface area contributed by atoms with Crippen LogP contribution in [0.5, 0.6) is 11.5 Å². The summed E-state index contributed by atoms with van der Waals surface area (Å²) in [5.41, 5.74) is 1.76. The van der Waals surface area contributed by atoms with Gasteiger partial charge in [-0.1, -0.05) is 24.3 Å². The molecule has 160 valence electrons. The highest BCUT2D eigenvalue weighted by Gasteiger charge is 2.24. The molecule has 2 aromatic carbocycles. The first kappa shape index (κ1) is 21.5. The predicted molar refractivity (Wildman–Crippen MR) is 115 cm³/mol. The predicted octanol–water partition coefficient (Wildman–Crippen LogP) is 2.85. The maximum atomic E-state index is 12.5. The third-order valence-corrected chi connectivity index (χ3v) is 5.29. The summed E-state index contributed by atoms with van der Waals surface area (Å²) in [7, 11) is 3.21. The van der Waals surface area contributed by atoms with Gasteiger partial charge in [-0.05, 0) is 49.1 Å². The van der Waals surface area contributed by atoms with Gasteiger partial charge in [0.2, 0.25) is 0 Å². The first-order valence-electron chi connectivity index (χ1n) is 10.2. The van der Waals surface area contributed by atoms with Gasteiger partial charge < -0.3 is 25.0 Å². The van der Waals surface area contributed by atoms with E-state index in [1.54, 1.807) is 14.2 Å². The van der Waals surface area contributed by atoms with Gasteiger partial charge in [-0.2, -0.15) is 0 Å². The van der Waals surface area contributed by atoms with Crippen LogP contribution in [-0.2, 0) is 6.42 Å². The maximum absolute atomic E-state index is 12.5. The number of methoxy groups -OCH3 is 2. The van der Waals surface area contributed by atoms with Gasteiger partial charge in [0.1, 0.15) is 0 Å². The molecule has 0 aliphatic carbocycles. The van der Waals surface area contributed by atoms with E-state index in [-0.39, 0.29) is 18.0 Å². The van der Waals surface area contributed by atoms with E-state index in [0.717, 1.165) is 18.4 Å². The number of carbonyl (C=O) groups is 2. The molecule has 3 amide bonds. The van der Waals surface area contributed by atoms with Crippen molar-refractivity contribution in [1.29, 1.82) is 0 Å². The number of amides is 3. The monoisotopic (exact) mass is 411 g/mol. The van der Waals surface area contributed by atoms with Gasteiger partial charge in [-0.3, -0.25) is 4.79 Å². The normalized spacial score (nSPS) is 14.1. The lowest BCUT2D eigenvalue weighted by Gasteiger charge is -2.32. The van der Waals surface area contributed by atoms with E-state index in [1.807, 2.05) is 53.4 Å². The lowest BCUT2D eigenvalue weighted by molar-refractivity contribution is 0.0708. The zero-order valence-electron chi connectivity index (χ0n) is 17.5. The van der Waals surface area contributed by atoms with Gasteiger partial charge in [0.25, 0.3) is 5.91 Å². The molecule has 1 saturated heterocycles. The highest BCUT2D eigenvalue weighted by atomic mass is 16.5. The quantitative estimate of drug-likeness (QED) is 0.734. The molecular formula is C23H29N3O4. The number of nitrogens with zero attached hydrogens (tertiary/aromatic N) is 1. The van der Waals surface area contributed by atoms with Crippen molar-refractivity contribution in [1.82, 2.24) is 15.5 Å². The fourth-order valence-corrected chi connectivity index (χ4v) is 3.58. The van der Waals surface area contributed by atoms with E-state index in [0.29, 0.717) is 43.1 Å². The van der Waals surface area contributed by atoms with Crippen LogP contribution in [0.25, 0.3) is 0 Å². The smallest absolute Gasteiger partial charge is 0.315 e. The first-order valence-corrected chi connectivity index (χ1v) is 10.2. The van der Waals surface area contributed by atoms with Gasteiger partial charge in [0.15, 0.2) is 11.5 Å². The van der Waals surface area contributed by atoms with Gasteiger partial charge in [0.05, 0.1) is 14.2 Å². The molecule has 0 aromatic heterocycles. The Balaban J connectivity index is 1.38. The van der Waals surface area contributed by atoms with Crippen LogP contribution >= 0.6 is 0 Å². The van der Waals surface area contributed by atoms with Crippen LogP contribution in [0.4, 0.5) is 4.79 Å². The number of hydrogen-bond donors (Lipinski definition) is 2. The summed E-state index contributed by atoms with van der Waals surface area (Å²) in [4.78, 5) is 26.6. The van der Waals surface area contributed by atoms with E-state index in [1.165, 1.54) is 0 Å². The average molecular weight is 412 g/mol. The molecule has 1 heterocycles. The van der Waals surface area contributed by atoms with Gasteiger partial charge >= 0.3 is 6.03 Å². The van der Waals surface area contributed by atoms with Crippen molar-refractivity contribution >= 4 is 11.9 Å². The maximum Gasteiger partial charge on any atom is 0.315 e. The molecule has 0 bridgehead atoms. The molecule has 7 heteroatoms. The summed E-state index contributed by atoms with van der Waals surface area (Å²) < 4.78 is 10.5. The van der Waals surface area contributed by atoms with Crippen molar-refractivity contribution in [3.63, 3.8) is 0 Å². The van der Waals surface area contributed by atoms with Crippen LogP contribution in [0.3, 0.4) is 0 Å². The number of carbonyl (C=O) groups excluding carboxylic acids is 2. The van der Waals surface area contributed by atoms with Crippen LogP contribution in [-0.4, -0.2) is 56.7 Å². The van der Waals surface area contributed by atoms with Gasteiger partial charge in [-0.25, -0.2) is 4.79 Å². The molecule has 3 rings (SSSR count). The highest BCUT2D eigenvalue weighted by Crippen LogP contribution is 2.27. The number of benzene rings is 2. The van der Waals surface area contributed by atoms with E-state index >= 15 is 0 Å². The molecule has 0 unspecified atom stereocenters. The Hall–Kier alpha value is -3.22. The van der Waals surface area contributed by atoms with Crippen molar-refractivity contribution in [2.75, 3.05) is 33.9 Å². The Morgan fingerprint density at radius 3 is 2.37 bits per heavy atom. The van der Waals surface area contributed by atoms with Crippen LogP contribution in [0, 0.1) is 0 Å². The lowest BCUT2D eigenvalue weighted by Crippen LogP contribution is -2.49.